The van der Waals surface area contributed by atoms with E-state index in [-0.39, 0.29) is 5.91 Å². The molecule has 1 amide bonds. The van der Waals surface area contributed by atoms with Crippen molar-refractivity contribution in [3.05, 3.63) is 29.3 Å². The van der Waals surface area contributed by atoms with Gasteiger partial charge >= 0.3 is 0 Å². The van der Waals surface area contributed by atoms with Crippen LogP contribution in [0.15, 0.2) is 18.2 Å². The Hall–Kier alpha value is -1.55. The molecule has 2 rings (SSSR count). The van der Waals surface area contributed by atoms with Crippen molar-refractivity contribution in [3.63, 3.8) is 0 Å². The summed E-state index contributed by atoms with van der Waals surface area (Å²) in [6, 6.07) is 5.75. The van der Waals surface area contributed by atoms with E-state index in [1.54, 1.807) is 11.8 Å². The first-order chi connectivity index (χ1) is 9.43. The van der Waals surface area contributed by atoms with Gasteiger partial charge in [-0.3, -0.25) is 4.79 Å². The molecule has 110 valence electrons. The van der Waals surface area contributed by atoms with E-state index in [2.05, 4.69) is 12.2 Å². The largest absolute Gasteiger partial charge is 0.388 e. The number of nitrogens with zero attached hydrogens (tertiary/aromatic N) is 1. The number of hydrogen-bond acceptors (Lipinski definition) is 3. The molecular weight excluding hydrogens is 252 g/mol. The minimum atomic E-state index is -0.743. The molecule has 1 aliphatic rings. The van der Waals surface area contributed by atoms with Gasteiger partial charge in [0.1, 0.15) is 0 Å². The molecule has 1 heterocycles. The molecule has 1 aromatic rings. The van der Waals surface area contributed by atoms with Crippen molar-refractivity contribution in [1.29, 1.82) is 0 Å². The molecule has 1 fully saturated rings. The molecule has 4 nitrogen and oxygen atoms in total. The Bertz CT molecular complexity index is 497. The van der Waals surface area contributed by atoms with Crippen LogP contribution in [0.3, 0.4) is 0 Å². The Morgan fingerprint density at radius 3 is 2.80 bits per heavy atom. The zero-order valence-electron chi connectivity index (χ0n) is 12.6. The second kappa shape index (κ2) is 5.83. The fourth-order valence-corrected chi connectivity index (χ4v) is 2.56. The van der Waals surface area contributed by atoms with Crippen molar-refractivity contribution in [1.82, 2.24) is 4.90 Å². The summed E-state index contributed by atoms with van der Waals surface area (Å²) in [6.45, 7) is 7.89. The molecule has 20 heavy (non-hydrogen) atoms. The maximum Gasteiger partial charge on any atom is 0.253 e. The van der Waals surface area contributed by atoms with Gasteiger partial charge < -0.3 is 15.3 Å². The molecule has 0 radical (unpaired) electrons. The molecule has 1 unspecified atom stereocenters. The number of aliphatic hydroxyl groups is 1. The topological polar surface area (TPSA) is 52.6 Å². The third kappa shape index (κ3) is 3.31. The lowest BCUT2D eigenvalue weighted by atomic mass is 10.1. The van der Waals surface area contributed by atoms with Crippen molar-refractivity contribution in [2.75, 3.05) is 25.0 Å². The van der Waals surface area contributed by atoms with E-state index in [1.165, 1.54) is 0 Å². The van der Waals surface area contributed by atoms with Crippen LogP contribution >= 0.6 is 0 Å². The summed E-state index contributed by atoms with van der Waals surface area (Å²) in [5.41, 5.74) is 2.11. The normalized spacial score (nSPS) is 22.1. The van der Waals surface area contributed by atoms with Crippen LogP contribution in [0.2, 0.25) is 0 Å². The lowest BCUT2D eigenvalue weighted by Gasteiger charge is -2.19. The van der Waals surface area contributed by atoms with Gasteiger partial charge in [0.05, 0.1) is 5.60 Å². The summed E-state index contributed by atoms with van der Waals surface area (Å²) in [4.78, 5) is 14.1. The van der Waals surface area contributed by atoms with Gasteiger partial charge in [-0.25, -0.2) is 0 Å². The quantitative estimate of drug-likeness (QED) is 0.888. The zero-order valence-corrected chi connectivity index (χ0v) is 12.6. The maximum atomic E-state index is 12.4. The predicted octanol–water partition coefficient (Wildman–Crippen LogP) is 2.41. The second-order valence-electron chi connectivity index (χ2n) is 5.93. The Kier molecular flexibility index (Phi) is 4.33. The Morgan fingerprint density at radius 2 is 2.25 bits per heavy atom. The molecule has 1 atom stereocenters. The van der Waals surface area contributed by atoms with Gasteiger partial charge in [0.25, 0.3) is 5.91 Å². The summed E-state index contributed by atoms with van der Waals surface area (Å²) in [6.07, 6.45) is 1.72. The lowest BCUT2D eigenvalue weighted by Crippen LogP contribution is -2.33. The van der Waals surface area contributed by atoms with Gasteiger partial charge in [0.2, 0.25) is 0 Å². The molecule has 1 saturated heterocycles. The zero-order chi connectivity index (χ0) is 14.8. The smallest absolute Gasteiger partial charge is 0.253 e. The summed E-state index contributed by atoms with van der Waals surface area (Å²) < 4.78 is 0. The van der Waals surface area contributed by atoms with Gasteiger partial charge in [-0.2, -0.15) is 0 Å². The first-order valence-electron chi connectivity index (χ1n) is 7.29. The van der Waals surface area contributed by atoms with Crippen molar-refractivity contribution in [2.45, 2.75) is 39.2 Å². The molecule has 4 heteroatoms. The van der Waals surface area contributed by atoms with Gasteiger partial charge in [0.15, 0.2) is 0 Å². The van der Waals surface area contributed by atoms with Gasteiger partial charge in [-0.1, -0.05) is 6.92 Å². The molecule has 0 spiro atoms. The molecule has 1 aromatic carbocycles. The molecule has 0 aliphatic carbocycles. The van der Waals surface area contributed by atoms with Crippen LogP contribution in [-0.4, -0.2) is 41.1 Å². The number of β-amino-alcohol motifs (C(OH)–C–C–N with tert-alkyl or cyclic N) is 1. The van der Waals surface area contributed by atoms with E-state index in [4.69, 9.17) is 0 Å². The number of hydrogen-bond donors (Lipinski definition) is 2. The van der Waals surface area contributed by atoms with E-state index in [0.717, 1.165) is 24.2 Å². The van der Waals surface area contributed by atoms with E-state index in [1.807, 2.05) is 25.1 Å². The monoisotopic (exact) mass is 276 g/mol. The molecule has 0 bridgehead atoms. The number of carbonyl (C=O) groups excluding carboxylic acids is 1. The molecule has 0 aromatic heterocycles. The SMILES string of the molecule is CCCNc1ccc(C(=O)N2CCC(C)(O)C2)cc1C. The fourth-order valence-electron chi connectivity index (χ4n) is 2.56. The number of anilines is 1. The first-order valence-corrected chi connectivity index (χ1v) is 7.29. The minimum absolute atomic E-state index is 0.00733. The van der Waals surface area contributed by atoms with Crippen LogP contribution < -0.4 is 5.32 Å². The van der Waals surface area contributed by atoms with Crippen LogP contribution in [0.5, 0.6) is 0 Å². The number of nitrogens with one attached hydrogen (secondary N) is 1. The van der Waals surface area contributed by atoms with Crippen LogP contribution in [0, 0.1) is 6.92 Å². The maximum absolute atomic E-state index is 12.4. The third-order valence-corrected chi connectivity index (χ3v) is 3.78. The van der Waals surface area contributed by atoms with Crippen LogP contribution in [0.25, 0.3) is 0 Å². The minimum Gasteiger partial charge on any atom is -0.388 e. The van der Waals surface area contributed by atoms with Crippen molar-refractivity contribution in [2.24, 2.45) is 0 Å². The Balaban J connectivity index is 2.09. The highest BCUT2D eigenvalue weighted by Crippen LogP contribution is 2.23. The van der Waals surface area contributed by atoms with E-state index in [0.29, 0.717) is 25.1 Å². The highest BCUT2D eigenvalue weighted by molar-refractivity contribution is 5.95. The Morgan fingerprint density at radius 1 is 1.50 bits per heavy atom. The summed E-state index contributed by atoms with van der Waals surface area (Å²) in [5.74, 6) is 0.00733. The van der Waals surface area contributed by atoms with Crippen LogP contribution in [-0.2, 0) is 0 Å². The third-order valence-electron chi connectivity index (χ3n) is 3.78. The highest BCUT2D eigenvalue weighted by atomic mass is 16.3. The number of aryl methyl sites for hydroxylation is 1. The molecule has 2 N–H and O–H groups in total. The van der Waals surface area contributed by atoms with Crippen molar-refractivity contribution in [3.8, 4) is 0 Å². The van der Waals surface area contributed by atoms with Crippen LogP contribution in [0.4, 0.5) is 5.69 Å². The molecule has 0 saturated carbocycles. The lowest BCUT2D eigenvalue weighted by molar-refractivity contribution is 0.0572. The van der Waals surface area contributed by atoms with Crippen molar-refractivity contribution < 1.29 is 9.90 Å². The van der Waals surface area contributed by atoms with Crippen LogP contribution in [0.1, 0.15) is 42.6 Å². The molecular formula is C16H24N2O2. The fraction of sp³-hybridized carbons (Fsp3) is 0.562. The standard InChI is InChI=1S/C16H24N2O2/c1-4-8-17-14-6-5-13(10-12(14)2)15(19)18-9-7-16(3,20)11-18/h5-6,10,17,20H,4,7-9,11H2,1-3H3. The number of likely N-dealkylation sites (tertiary alicyclic amines) is 1. The highest BCUT2D eigenvalue weighted by Gasteiger charge is 2.34. The number of amides is 1. The first kappa shape index (κ1) is 14.9. The Labute approximate surface area is 120 Å². The number of benzene rings is 1. The second-order valence-corrected chi connectivity index (χ2v) is 5.93. The van der Waals surface area contributed by atoms with Crippen molar-refractivity contribution >= 4 is 11.6 Å². The van der Waals surface area contributed by atoms with E-state index >= 15 is 0 Å². The van der Waals surface area contributed by atoms with E-state index < -0.39 is 5.60 Å². The average molecular weight is 276 g/mol. The summed E-state index contributed by atoms with van der Waals surface area (Å²) in [7, 11) is 0. The summed E-state index contributed by atoms with van der Waals surface area (Å²) in [5, 5.41) is 13.3. The van der Waals surface area contributed by atoms with Gasteiger partial charge in [0, 0.05) is 30.9 Å². The van der Waals surface area contributed by atoms with Gasteiger partial charge in [-0.15, -0.1) is 0 Å². The number of carbonyl (C=O) groups is 1. The predicted molar refractivity (Wildman–Crippen MR) is 81.1 cm³/mol. The summed E-state index contributed by atoms with van der Waals surface area (Å²) >= 11 is 0. The average Bonchev–Trinajstić information content (AvgIpc) is 2.77. The number of rotatable bonds is 4. The van der Waals surface area contributed by atoms with Gasteiger partial charge in [-0.05, 0) is 50.5 Å². The molecule has 1 aliphatic heterocycles. The van der Waals surface area contributed by atoms with E-state index in [9.17, 15) is 9.90 Å².